The van der Waals surface area contributed by atoms with Crippen LogP contribution in [0.25, 0.3) is 0 Å². The molecule has 0 aliphatic carbocycles. The number of benzene rings is 1. The number of carboxylic acids is 1. The fourth-order valence-electron chi connectivity index (χ4n) is 1.01. The number of carboxylic acid groups (broad SMARTS) is 1. The van der Waals surface area contributed by atoms with E-state index in [0.29, 0.717) is 5.75 Å². The van der Waals surface area contributed by atoms with Crippen LogP contribution >= 0.6 is 0 Å². The van der Waals surface area contributed by atoms with Gasteiger partial charge in [0.15, 0.2) is 12.7 Å². The van der Waals surface area contributed by atoms with Crippen molar-refractivity contribution >= 4 is 5.97 Å². The Morgan fingerprint density at radius 1 is 1.46 bits per heavy atom. The average molecular weight is 215 g/mol. The van der Waals surface area contributed by atoms with E-state index in [0.717, 1.165) is 5.56 Å². The van der Waals surface area contributed by atoms with Crippen molar-refractivity contribution in [2.24, 2.45) is 0 Å². The number of aromatic hydroxyl groups is 1. The first-order valence-electron chi connectivity index (χ1n) is 3.59. The zero-order chi connectivity index (χ0) is 9.14. The third-order valence-corrected chi connectivity index (χ3v) is 1.62. The largest absolute Gasteiger partial charge is 0.584 e. The molecule has 13 heavy (non-hydrogen) atoms. The summed E-state index contributed by atoms with van der Waals surface area (Å²) in [6.45, 7) is 1.90. The number of hydrogen-bond donors (Lipinski definition) is 1. The molecule has 0 radical (unpaired) electrons. The second-order valence-corrected chi connectivity index (χ2v) is 2.55. The molecule has 0 saturated carbocycles. The Morgan fingerprint density at radius 3 is 2.54 bits per heavy atom. The molecular formula is C9H11O3Ti+. The Hall–Kier alpha value is -0.796. The molecule has 0 bridgehead atoms. The van der Waals surface area contributed by atoms with Crippen LogP contribution in [0.1, 0.15) is 15.9 Å². The number of hydrogen-bond acceptors (Lipinski definition) is 1. The van der Waals surface area contributed by atoms with Gasteiger partial charge < -0.3 is 9.84 Å². The molecule has 0 spiro atoms. The molecule has 1 aromatic rings. The average Bonchev–Trinajstić information content (AvgIpc) is 2.03. The summed E-state index contributed by atoms with van der Waals surface area (Å²) in [5.41, 5.74) is 1.27. The van der Waals surface area contributed by atoms with E-state index >= 15 is 0 Å². The Kier molecular flexibility index (Phi) is 4.74. The van der Waals surface area contributed by atoms with Crippen LogP contribution in [0.3, 0.4) is 0 Å². The molecule has 68 valence electrons. The van der Waals surface area contributed by atoms with Crippen molar-refractivity contribution in [1.29, 1.82) is 0 Å². The minimum atomic E-state index is -0.935. The Morgan fingerprint density at radius 2 is 2.08 bits per heavy atom. The third-order valence-electron chi connectivity index (χ3n) is 1.62. The number of aliphatic hydroxyl groups is 1. The van der Waals surface area contributed by atoms with Gasteiger partial charge in [0.25, 0.3) is 5.75 Å². The van der Waals surface area contributed by atoms with Gasteiger partial charge >= 0.3 is 5.97 Å². The first-order valence-corrected chi connectivity index (χ1v) is 3.59. The van der Waals surface area contributed by atoms with Crippen LogP contribution in [0, 0.1) is 6.92 Å². The maximum atomic E-state index is 10.6. The monoisotopic (exact) mass is 215 g/mol. The molecule has 0 amide bonds. The smallest absolute Gasteiger partial charge is 0.345 e. The van der Waals surface area contributed by atoms with Crippen molar-refractivity contribution in [2.75, 3.05) is 7.11 Å². The van der Waals surface area contributed by atoms with Gasteiger partial charge in [0.1, 0.15) is 0 Å². The fourth-order valence-corrected chi connectivity index (χ4v) is 1.01. The first-order chi connectivity index (χ1) is 5.65. The van der Waals surface area contributed by atoms with Crippen molar-refractivity contribution in [3.8, 4) is 5.75 Å². The van der Waals surface area contributed by atoms with E-state index in [1.807, 2.05) is 6.92 Å². The summed E-state index contributed by atoms with van der Waals surface area (Å²) >= 11 is 0. The van der Waals surface area contributed by atoms with Gasteiger partial charge in [-0.15, -0.1) is 0 Å². The van der Waals surface area contributed by atoms with Crippen molar-refractivity contribution in [1.82, 2.24) is 0 Å². The van der Waals surface area contributed by atoms with Gasteiger partial charge in [-0.2, -0.15) is 0 Å². The summed E-state index contributed by atoms with van der Waals surface area (Å²) in [5, 5.41) is 8.73. The number of aromatic carboxylic acids is 1. The van der Waals surface area contributed by atoms with Crippen LogP contribution in [0.4, 0.5) is 0 Å². The van der Waals surface area contributed by atoms with Crippen molar-refractivity contribution < 1.29 is 36.4 Å². The van der Waals surface area contributed by atoms with Crippen LogP contribution in [0.15, 0.2) is 18.2 Å². The topological polar surface area (TPSA) is 50.1 Å². The molecule has 2 N–H and O–H groups in total. The molecule has 0 fully saturated rings. The number of aryl methyl sites for hydroxylation is 1. The summed E-state index contributed by atoms with van der Waals surface area (Å²) in [4.78, 5) is 10.6. The van der Waals surface area contributed by atoms with Crippen LogP contribution in [0.2, 0.25) is 0 Å². The number of ether oxygens (including phenoxy) is 1. The molecule has 0 unspecified atom stereocenters. The van der Waals surface area contributed by atoms with Gasteiger partial charge in [-0.3, -0.25) is 0 Å². The molecule has 4 heteroatoms. The van der Waals surface area contributed by atoms with Gasteiger partial charge in [-0.1, -0.05) is 6.07 Å². The minimum Gasteiger partial charge on any atom is -0.584 e. The molecule has 0 aliphatic rings. The normalized spacial score (nSPS) is 8.77. The summed E-state index contributed by atoms with van der Waals surface area (Å²) in [7, 11) is 1.58. The van der Waals surface area contributed by atoms with Gasteiger partial charge in [0.2, 0.25) is 0 Å². The summed E-state index contributed by atoms with van der Waals surface area (Å²) < 4.78 is 3.87. The summed E-state index contributed by atoms with van der Waals surface area (Å²) in [6, 6.07) is 5.08. The molecule has 1 rings (SSSR count). The van der Waals surface area contributed by atoms with Crippen molar-refractivity contribution in [3.63, 3.8) is 0 Å². The van der Waals surface area contributed by atoms with E-state index in [-0.39, 0.29) is 27.3 Å². The standard InChI is InChI=1S/C9H10O3.Ti/c1-6-3-4-7(9(10)11)8(5-6)12-2;/h3-5H,1-2H3,(H,10,11);/p+1. The second kappa shape index (κ2) is 5.05. The molecular weight excluding hydrogens is 204 g/mol. The van der Waals surface area contributed by atoms with E-state index in [1.54, 1.807) is 25.3 Å². The molecule has 0 heterocycles. The molecule has 0 aliphatic heterocycles. The quantitative estimate of drug-likeness (QED) is 0.601. The SMILES string of the molecule is C[OH+]c1cc(C)ccc1C(=O)O.[Ti]. The van der Waals surface area contributed by atoms with E-state index in [9.17, 15) is 4.79 Å². The van der Waals surface area contributed by atoms with Crippen molar-refractivity contribution in [2.45, 2.75) is 6.92 Å². The van der Waals surface area contributed by atoms with Crippen molar-refractivity contribution in [3.05, 3.63) is 29.3 Å². The summed E-state index contributed by atoms with van der Waals surface area (Å²) in [5.74, 6) is -0.405. The molecule has 0 aromatic heterocycles. The molecule has 1 aromatic carbocycles. The van der Waals surface area contributed by atoms with Gasteiger partial charge in [-0.25, -0.2) is 4.79 Å². The number of rotatable bonds is 2. The zero-order valence-electron chi connectivity index (χ0n) is 7.53. The fraction of sp³-hybridized carbons (Fsp3) is 0.222. The molecule has 0 atom stereocenters. The predicted molar refractivity (Wildman–Crippen MR) is 45.7 cm³/mol. The summed E-state index contributed by atoms with van der Waals surface area (Å²) in [6.07, 6.45) is 0. The molecule has 0 saturated heterocycles. The van der Waals surface area contributed by atoms with Crippen LogP contribution < -0.4 is 0 Å². The maximum Gasteiger partial charge on any atom is 0.345 e. The van der Waals surface area contributed by atoms with Gasteiger partial charge in [-0.05, 0) is 18.6 Å². The van der Waals surface area contributed by atoms with E-state index in [4.69, 9.17) is 5.11 Å². The Bertz CT molecular complexity index is 310. The van der Waals surface area contributed by atoms with Crippen LogP contribution in [-0.4, -0.2) is 22.9 Å². The van der Waals surface area contributed by atoms with Crippen LogP contribution in [-0.2, 0) is 21.7 Å². The first kappa shape index (κ1) is 12.2. The molecule has 3 nitrogen and oxygen atoms in total. The predicted octanol–water partition coefficient (Wildman–Crippen LogP) is 1.56. The Labute approximate surface area is 91.6 Å². The van der Waals surface area contributed by atoms with Gasteiger partial charge in [0, 0.05) is 27.8 Å². The van der Waals surface area contributed by atoms with Gasteiger partial charge in [0.05, 0.1) is 0 Å². The van der Waals surface area contributed by atoms with E-state index < -0.39 is 5.97 Å². The maximum absolute atomic E-state index is 10.6. The minimum absolute atomic E-state index is 0. The number of carbonyl (C=O) groups is 1. The van der Waals surface area contributed by atoms with E-state index in [2.05, 4.69) is 4.74 Å². The Balaban J connectivity index is 0.00000144. The third kappa shape index (κ3) is 2.86. The van der Waals surface area contributed by atoms with E-state index in [1.165, 1.54) is 0 Å². The second-order valence-electron chi connectivity index (χ2n) is 2.55. The van der Waals surface area contributed by atoms with Crippen LogP contribution in [0.5, 0.6) is 5.75 Å². The zero-order valence-corrected chi connectivity index (χ0v) is 9.10.